The second kappa shape index (κ2) is 8.82. The SMILES string of the molecule is CC(=O)N(CCC(=O)Nc1ccccc1C(C)C)c1cccc(C#N)c1. The van der Waals surface area contributed by atoms with E-state index >= 15 is 0 Å². The van der Waals surface area contributed by atoms with E-state index in [2.05, 4.69) is 25.2 Å². The summed E-state index contributed by atoms with van der Waals surface area (Å²) in [4.78, 5) is 25.8. The first kappa shape index (κ1) is 19.2. The molecule has 1 N–H and O–H groups in total. The topological polar surface area (TPSA) is 73.2 Å². The Morgan fingerprint density at radius 2 is 1.88 bits per heavy atom. The predicted octanol–water partition coefficient (Wildman–Crippen LogP) is 4.06. The van der Waals surface area contributed by atoms with Crippen LogP contribution in [0.5, 0.6) is 0 Å². The first-order valence-corrected chi connectivity index (χ1v) is 8.59. The number of hydrogen-bond donors (Lipinski definition) is 1. The molecule has 2 rings (SSSR count). The first-order chi connectivity index (χ1) is 12.4. The lowest BCUT2D eigenvalue weighted by atomic mass is 10.0. The van der Waals surface area contributed by atoms with E-state index in [0.717, 1.165) is 11.3 Å². The highest BCUT2D eigenvalue weighted by atomic mass is 16.2. The van der Waals surface area contributed by atoms with Crippen LogP contribution in [-0.2, 0) is 9.59 Å². The van der Waals surface area contributed by atoms with Crippen LogP contribution in [0.15, 0.2) is 48.5 Å². The van der Waals surface area contributed by atoms with Gasteiger partial charge in [-0.1, -0.05) is 38.1 Å². The highest BCUT2D eigenvalue weighted by molar-refractivity contribution is 5.95. The van der Waals surface area contributed by atoms with E-state index in [-0.39, 0.29) is 24.8 Å². The van der Waals surface area contributed by atoms with Crippen molar-refractivity contribution in [3.05, 3.63) is 59.7 Å². The van der Waals surface area contributed by atoms with Crippen molar-refractivity contribution in [1.29, 1.82) is 5.26 Å². The molecule has 0 atom stereocenters. The van der Waals surface area contributed by atoms with Crippen LogP contribution in [-0.4, -0.2) is 18.4 Å². The summed E-state index contributed by atoms with van der Waals surface area (Å²) in [7, 11) is 0. The van der Waals surface area contributed by atoms with E-state index in [9.17, 15) is 9.59 Å². The van der Waals surface area contributed by atoms with Crippen molar-refractivity contribution in [3.63, 3.8) is 0 Å². The number of rotatable bonds is 6. The molecule has 0 bridgehead atoms. The summed E-state index contributed by atoms with van der Waals surface area (Å²) >= 11 is 0. The zero-order valence-corrected chi connectivity index (χ0v) is 15.3. The van der Waals surface area contributed by atoms with Gasteiger partial charge in [0.05, 0.1) is 11.6 Å². The summed E-state index contributed by atoms with van der Waals surface area (Å²) in [5.74, 6) is -0.0230. The van der Waals surface area contributed by atoms with Crippen LogP contribution in [0.1, 0.15) is 44.2 Å². The Labute approximate surface area is 154 Å². The number of carbonyl (C=O) groups is 2. The Balaban J connectivity index is 2.07. The highest BCUT2D eigenvalue weighted by Gasteiger charge is 2.15. The lowest BCUT2D eigenvalue weighted by Crippen LogP contribution is -2.32. The van der Waals surface area contributed by atoms with Gasteiger partial charge in [-0.15, -0.1) is 0 Å². The van der Waals surface area contributed by atoms with Crippen molar-refractivity contribution in [1.82, 2.24) is 0 Å². The number of nitrogens with one attached hydrogen (secondary N) is 1. The highest BCUT2D eigenvalue weighted by Crippen LogP contribution is 2.24. The summed E-state index contributed by atoms with van der Waals surface area (Å²) in [5, 5.41) is 11.9. The van der Waals surface area contributed by atoms with E-state index in [0.29, 0.717) is 17.2 Å². The molecule has 0 heterocycles. The maximum absolute atomic E-state index is 12.4. The molecule has 0 saturated heterocycles. The van der Waals surface area contributed by atoms with Crippen LogP contribution in [0, 0.1) is 11.3 Å². The number of nitriles is 1. The molecular formula is C21H23N3O2. The predicted molar refractivity (Wildman–Crippen MR) is 103 cm³/mol. The summed E-state index contributed by atoms with van der Waals surface area (Å²) in [5.41, 5.74) is 2.97. The molecule has 0 spiro atoms. The van der Waals surface area contributed by atoms with Gasteiger partial charge in [-0.3, -0.25) is 9.59 Å². The van der Waals surface area contributed by atoms with Crippen molar-refractivity contribution in [2.24, 2.45) is 0 Å². The molecule has 0 aliphatic heterocycles. The Kier molecular flexibility index (Phi) is 6.51. The molecular weight excluding hydrogens is 326 g/mol. The number of anilines is 2. The minimum Gasteiger partial charge on any atom is -0.326 e. The van der Waals surface area contributed by atoms with E-state index in [1.807, 2.05) is 24.3 Å². The third-order valence-electron chi connectivity index (χ3n) is 4.09. The van der Waals surface area contributed by atoms with E-state index in [1.165, 1.54) is 11.8 Å². The Morgan fingerprint density at radius 3 is 2.54 bits per heavy atom. The average molecular weight is 349 g/mol. The van der Waals surface area contributed by atoms with Crippen LogP contribution >= 0.6 is 0 Å². The van der Waals surface area contributed by atoms with Gasteiger partial charge in [-0.25, -0.2) is 0 Å². The Morgan fingerprint density at radius 1 is 1.15 bits per heavy atom. The number of hydrogen-bond acceptors (Lipinski definition) is 3. The maximum atomic E-state index is 12.4. The molecule has 0 saturated carbocycles. The van der Waals surface area contributed by atoms with Crippen LogP contribution < -0.4 is 10.2 Å². The number of amides is 2. The van der Waals surface area contributed by atoms with Gasteiger partial charge in [0.25, 0.3) is 0 Å². The van der Waals surface area contributed by atoms with Gasteiger partial charge < -0.3 is 10.2 Å². The van der Waals surface area contributed by atoms with Gasteiger partial charge in [-0.2, -0.15) is 5.26 Å². The molecule has 0 unspecified atom stereocenters. The molecule has 134 valence electrons. The molecule has 0 aromatic heterocycles. The van der Waals surface area contributed by atoms with Crippen molar-refractivity contribution in [3.8, 4) is 6.07 Å². The molecule has 2 aromatic carbocycles. The largest absolute Gasteiger partial charge is 0.326 e. The average Bonchev–Trinajstić information content (AvgIpc) is 2.62. The number of benzene rings is 2. The van der Waals surface area contributed by atoms with Gasteiger partial charge in [0.15, 0.2) is 0 Å². The fraction of sp³-hybridized carbons (Fsp3) is 0.286. The Bertz CT molecular complexity index is 837. The smallest absolute Gasteiger partial charge is 0.226 e. The standard InChI is InChI=1S/C21H23N3O2/c1-15(2)19-9-4-5-10-20(19)23-21(26)11-12-24(16(3)25)18-8-6-7-17(13-18)14-22/h4-10,13,15H,11-12H2,1-3H3,(H,23,26). The second-order valence-electron chi connectivity index (χ2n) is 6.37. The summed E-state index contributed by atoms with van der Waals surface area (Å²) in [6.45, 7) is 5.85. The van der Waals surface area contributed by atoms with Crippen molar-refractivity contribution >= 4 is 23.2 Å². The normalized spacial score (nSPS) is 10.3. The van der Waals surface area contributed by atoms with Gasteiger partial charge >= 0.3 is 0 Å². The van der Waals surface area contributed by atoms with Gasteiger partial charge in [0.2, 0.25) is 11.8 Å². The van der Waals surface area contributed by atoms with Crippen molar-refractivity contribution in [2.45, 2.75) is 33.1 Å². The lowest BCUT2D eigenvalue weighted by Gasteiger charge is -2.21. The maximum Gasteiger partial charge on any atom is 0.226 e. The van der Waals surface area contributed by atoms with E-state index in [1.54, 1.807) is 24.3 Å². The van der Waals surface area contributed by atoms with Crippen LogP contribution in [0.25, 0.3) is 0 Å². The molecule has 5 nitrogen and oxygen atoms in total. The van der Waals surface area contributed by atoms with Gasteiger partial charge in [0, 0.05) is 31.3 Å². The third kappa shape index (κ3) is 4.93. The minimum absolute atomic E-state index is 0.152. The number of carbonyl (C=O) groups excluding carboxylic acids is 2. The lowest BCUT2D eigenvalue weighted by molar-refractivity contribution is -0.117. The molecule has 0 fully saturated rings. The summed E-state index contributed by atoms with van der Waals surface area (Å²) in [6, 6.07) is 16.6. The third-order valence-corrected chi connectivity index (χ3v) is 4.09. The first-order valence-electron chi connectivity index (χ1n) is 8.59. The number of para-hydroxylation sites is 1. The zero-order chi connectivity index (χ0) is 19.1. The van der Waals surface area contributed by atoms with E-state index in [4.69, 9.17) is 5.26 Å². The van der Waals surface area contributed by atoms with Gasteiger partial charge in [0.1, 0.15) is 0 Å². The van der Waals surface area contributed by atoms with Crippen molar-refractivity contribution < 1.29 is 9.59 Å². The molecule has 26 heavy (non-hydrogen) atoms. The minimum atomic E-state index is -0.171. The van der Waals surface area contributed by atoms with Gasteiger partial charge in [-0.05, 0) is 35.7 Å². The molecule has 2 amide bonds. The molecule has 0 aliphatic rings. The second-order valence-corrected chi connectivity index (χ2v) is 6.37. The zero-order valence-electron chi connectivity index (χ0n) is 15.3. The summed E-state index contributed by atoms with van der Waals surface area (Å²) < 4.78 is 0. The summed E-state index contributed by atoms with van der Waals surface area (Å²) in [6.07, 6.45) is 0.169. The number of nitrogens with zero attached hydrogens (tertiary/aromatic N) is 2. The van der Waals surface area contributed by atoms with E-state index < -0.39 is 0 Å². The van der Waals surface area contributed by atoms with Crippen molar-refractivity contribution in [2.75, 3.05) is 16.8 Å². The van der Waals surface area contributed by atoms with Crippen LogP contribution in [0.2, 0.25) is 0 Å². The van der Waals surface area contributed by atoms with Crippen LogP contribution in [0.4, 0.5) is 11.4 Å². The monoisotopic (exact) mass is 349 g/mol. The quantitative estimate of drug-likeness (QED) is 0.854. The molecule has 0 aliphatic carbocycles. The Hall–Kier alpha value is -3.13. The molecule has 0 radical (unpaired) electrons. The fourth-order valence-corrected chi connectivity index (χ4v) is 2.75. The molecule has 2 aromatic rings. The fourth-order valence-electron chi connectivity index (χ4n) is 2.75. The van der Waals surface area contributed by atoms with Crippen LogP contribution in [0.3, 0.4) is 0 Å². The molecule has 5 heteroatoms.